The van der Waals surface area contributed by atoms with Gasteiger partial charge in [0.1, 0.15) is 11.1 Å². The van der Waals surface area contributed by atoms with Gasteiger partial charge >= 0.3 is 12.0 Å². The summed E-state index contributed by atoms with van der Waals surface area (Å²) in [4.78, 5) is 40.7. The number of carbonyl (C=O) groups is 3. The maximum atomic E-state index is 13.0. The summed E-state index contributed by atoms with van der Waals surface area (Å²) in [5.74, 6) is -3.38. The number of esters is 1. The van der Waals surface area contributed by atoms with Crippen molar-refractivity contribution in [3.63, 3.8) is 0 Å². The van der Waals surface area contributed by atoms with Crippen LogP contribution in [0.2, 0.25) is 0 Å². The largest absolute Gasteiger partial charge is 0.460 e. The van der Waals surface area contributed by atoms with Gasteiger partial charge in [0.2, 0.25) is 0 Å². The number of benzene rings is 1. The van der Waals surface area contributed by atoms with Crippen LogP contribution < -0.4 is 0 Å². The number of likely N-dealkylation sites (N-methyl/N-ethyl adjacent to an activating group) is 1. The Morgan fingerprint density at radius 3 is 2.26 bits per heavy atom. The topological polar surface area (TPSA) is 131 Å². The Morgan fingerprint density at radius 2 is 1.71 bits per heavy atom. The number of sulfone groups is 1. The number of nitrogens with zero attached hydrogens (tertiary/aromatic N) is 2. The summed E-state index contributed by atoms with van der Waals surface area (Å²) in [5.41, 5.74) is -0.503. The summed E-state index contributed by atoms with van der Waals surface area (Å²) in [7, 11) is -2.10. The van der Waals surface area contributed by atoms with Crippen LogP contribution in [0.5, 0.6) is 0 Å². The fourth-order valence-corrected chi connectivity index (χ4v) is 7.17. The van der Waals surface area contributed by atoms with Crippen molar-refractivity contribution in [1.29, 1.82) is 0 Å². The van der Waals surface area contributed by atoms with E-state index in [1.165, 1.54) is 10.5 Å². The predicted octanol–water partition coefficient (Wildman–Crippen LogP) is 4.27. The molecule has 0 aromatic heterocycles. The van der Waals surface area contributed by atoms with Crippen LogP contribution >= 0.6 is 0 Å². The Labute approximate surface area is 250 Å². The molecule has 1 aliphatic heterocycles. The fraction of sp³-hybridized carbons (Fsp3) is 0.710. The molecule has 11 heteroatoms. The van der Waals surface area contributed by atoms with Gasteiger partial charge in [-0.1, -0.05) is 30.3 Å². The van der Waals surface area contributed by atoms with Crippen molar-refractivity contribution in [2.75, 3.05) is 31.7 Å². The van der Waals surface area contributed by atoms with Crippen LogP contribution in [0.15, 0.2) is 30.3 Å². The van der Waals surface area contributed by atoms with E-state index in [2.05, 4.69) is 12.1 Å². The van der Waals surface area contributed by atoms with Crippen molar-refractivity contribution < 1.29 is 37.4 Å². The van der Waals surface area contributed by atoms with E-state index < -0.39 is 50.4 Å². The van der Waals surface area contributed by atoms with Gasteiger partial charge in [0, 0.05) is 26.4 Å². The molecule has 1 saturated heterocycles. The van der Waals surface area contributed by atoms with E-state index in [0.29, 0.717) is 18.8 Å². The molecule has 1 aromatic rings. The molecule has 3 amide bonds. The lowest BCUT2D eigenvalue weighted by Gasteiger charge is -2.36. The zero-order valence-corrected chi connectivity index (χ0v) is 26.7. The number of carbonyl (C=O) groups excluding carboxylic acids is 3. The Morgan fingerprint density at radius 1 is 1.10 bits per heavy atom. The minimum absolute atomic E-state index is 0.0856. The number of urea groups is 1. The molecule has 1 aliphatic carbocycles. The first kappa shape index (κ1) is 34.0. The fourth-order valence-electron chi connectivity index (χ4n) is 5.53. The molecule has 236 valence electrons. The lowest BCUT2D eigenvalue weighted by molar-refractivity contribution is -0.221. The van der Waals surface area contributed by atoms with Crippen LogP contribution in [-0.2, 0) is 28.9 Å². The number of aliphatic hydroxyl groups is 1. The van der Waals surface area contributed by atoms with Crippen LogP contribution in [0.4, 0.5) is 4.79 Å². The number of hydrogen-bond donors (Lipinski definition) is 1. The van der Waals surface area contributed by atoms with Gasteiger partial charge in [-0.3, -0.25) is 14.5 Å². The first-order chi connectivity index (χ1) is 19.4. The van der Waals surface area contributed by atoms with Crippen molar-refractivity contribution in [3.05, 3.63) is 35.9 Å². The van der Waals surface area contributed by atoms with Crippen LogP contribution in [0.25, 0.3) is 0 Å². The zero-order chi connectivity index (χ0) is 31.3. The van der Waals surface area contributed by atoms with E-state index in [9.17, 15) is 27.9 Å². The second-order valence-corrected chi connectivity index (χ2v) is 15.4. The molecule has 3 rings (SSSR count). The van der Waals surface area contributed by atoms with Gasteiger partial charge in [0.05, 0.1) is 24.0 Å². The van der Waals surface area contributed by atoms with Crippen LogP contribution in [0.3, 0.4) is 0 Å². The lowest BCUT2D eigenvalue weighted by Crippen LogP contribution is -2.41. The van der Waals surface area contributed by atoms with Crippen molar-refractivity contribution >= 4 is 27.7 Å². The Balaban J connectivity index is 1.50. The molecule has 2 aliphatic rings. The van der Waals surface area contributed by atoms with Crippen LogP contribution in [0.1, 0.15) is 91.0 Å². The van der Waals surface area contributed by atoms with Gasteiger partial charge in [0.25, 0.3) is 5.91 Å². The first-order valence-electron chi connectivity index (χ1n) is 14.9. The first-order valence-corrected chi connectivity index (χ1v) is 16.7. The van der Waals surface area contributed by atoms with Crippen LogP contribution in [-0.4, -0.2) is 89.9 Å². The van der Waals surface area contributed by atoms with Gasteiger partial charge < -0.3 is 19.5 Å². The summed E-state index contributed by atoms with van der Waals surface area (Å²) in [6, 6.07) is 9.77. The Hall–Kier alpha value is -2.50. The van der Waals surface area contributed by atoms with Gasteiger partial charge in [0.15, 0.2) is 15.6 Å². The Bertz CT molecular complexity index is 1200. The van der Waals surface area contributed by atoms with E-state index in [4.69, 9.17) is 9.47 Å². The number of imide groups is 1. The normalized spacial score (nSPS) is 23.7. The molecular weight excluding hydrogens is 560 g/mol. The minimum Gasteiger partial charge on any atom is -0.460 e. The summed E-state index contributed by atoms with van der Waals surface area (Å²) >= 11 is 0. The molecule has 2 fully saturated rings. The molecule has 0 spiro atoms. The third-order valence-corrected chi connectivity index (χ3v) is 10.1. The summed E-state index contributed by atoms with van der Waals surface area (Å²) < 4.78 is 37.3. The third kappa shape index (κ3) is 9.00. The molecule has 1 saturated carbocycles. The molecule has 1 aromatic carbocycles. The minimum atomic E-state index is -3.67. The van der Waals surface area contributed by atoms with Crippen molar-refractivity contribution in [1.82, 2.24) is 9.80 Å². The zero-order valence-electron chi connectivity index (χ0n) is 25.9. The summed E-state index contributed by atoms with van der Waals surface area (Å²) in [5, 5.41) is 10.9. The maximum Gasteiger partial charge on any atom is 0.327 e. The number of ether oxygens (including phenoxy) is 2. The number of amides is 3. The predicted molar refractivity (Wildman–Crippen MR) is 159 cm³/mol. The lowest BCUT2D eigenvalue weighted by atomic mass is 9.81. The SMILES string of the molecule is CN1C(=O)N(CCCC(CS(=O)(=O)CCCOC2(O)CCC(c3ccccc3)CC2)C(=O)OC(C)(C)C)C(=O)C1(C)C. The van der Waals surface area contributed by atoms with E-state index in [1.54, 1.807) is 41.7 Å². The van der Waals surface area contributed by atoms with Crippen LogP contribution in [0, 0.1) is 5.92 Å². The highest BCUT2D eigenvalue weighted by Crippen LogP contribution is 2.38. The second kappa shape index (κ2) is 13.4. The van der Waals surface area contributed by atoms with E-state index in [0.717, 1.165) is 17.7 Å². The summed E-state index contributed by atoms with van der Waals surface area (Å²) in [6.07, 6.45) is 3.14. The number of rotatable bonds is 13. The van der Waals surface area contributed by atoms with Gasteiger partial charge in [-0.2, -0.15) is 0 Å². The molecule has 0 bridgehead atoms. The molecule has 1 N–H and O–H groups in total. The molecular formula is C31H48N2O8S. The second-order valence-electron chi connectivity index (χ2n) is 13.2. The third-order valence-electron chi connectivity index (χ3n) is 8.26. The van der Waals surface area contributed by atoms with Crippen molar-refractivity contribution in [3.8, 4) is 0 Å². The standard InChI is InChI=1S/C31H48N2O8S/c1-29(2,3)41-26(34)25(14-10-19-33-27(35)30(4,5)32(6)28(33)36)22-42(38,39)21-11-20-40-31(37)17-15-24(16-18-31)23-12-8-7-9-13-23/h7-9,12-13,24-25,37H,10-11,14-22H2,1-6H3. The highest BCUT2D eigenvalue weighted by Gasteiger charge is 2.49. The average molecular weight is 609 g/mol. The van der Waals surface area contributed by atoms with E-state index in [-0.39, 0.29) is 44.1 Å². The number of hydrogen-bond acceptors (Lipinski definition) is 8. The molecule has 1 atom stereocenters. The highest BCUT2D eigenvalue weighted by molar-refractivity contribution is 7.91. The smallest absolute Gasteiger partial charge is 0.327 e. The molecule has 1 heterocycles. The molecule has 0 radical (unpaired) electrons. The van der Waals surface area contributed by atoms with E-state index >= 15 is 0 Å². The quantitative estimate of drug-likeness (QED) is 0.152. The van der Waals surface area contributed by atoms with Gasteiger partial charge in [-0.25, -0.2) is 13.2 Å². The maximum absolute atomic E-state index is 13.0. The van der Waals surface area contributed by atoms with E-state index in [1.807, 2.05) is 18.2 Å². The molecule has 42 heavy (non-hydrogen) atoms. The average Bonchev–Trinajstić information content (AvgIpc) is 3.05. The molecule has 1 unspecified atom stereocenters. The van der Waals surface area contributed by atoms with Crippen molar-refractivity contribution in [2.45, 2.75) is 102 Å². The summed E-state index contributed by atoms with van der Waals surface area (Å²) in [6.45, 7) is 8.65. The van der Waals surface area contributed by atoms with Crippen molar-refractivity contribution in [2.24, 2.45) is 5.92 Å². The Kier molecular flexibility index (Phi) is 10.9. The molecule has 10 nitrogen and oxygen atoms in total. The monoisotopic (exact) mass is 608 g/mol. The van der Waals surface area contributed by atoms with Gasteiger partial charge in [-0.05, 0) is 78.2 Å². The van der Waals surface area contributed by atoms with Gasteiger partial charge in [-0.15, -0.1) is 0 Å². The highest BCUT2D eigenvalue weighted by atomic mass is 32.2.